The van der Waals surface area contributed by atoms with Crippen LogP contribution in [0.15, 0.2) is 61.1 Å². The van der Waals surface area contributed by atoms with Crippen molar-refractivity contribution in [1.82, 2.24) is 9.38 Å². The molecule has 2 aromatic carbocycles. The van der Waals surface area contributed by atoms with E-state index in [0.717, 1.165) is 0 Å². The molecule has 0 unspecified atom stereocenters. The summed E-state index contributed by atoms with van der Waals surface area (Å²) < 4.78 is 4.64. The molecule has 0 amide bonds. The summed E-state index contributed by atoms with van der Waals surface area (Å²) in [5.74, 6) is 0. The lowest BCUT2D eigenvalue weighted by molar-refractivity contribution is -0.644. The second kappa shape index (κ2) is 4.25. The summed E-state index contributed by atoms with van der Waals surface area (Å²) in [6.07, 6.45) is 6.16. The van der Waals surface area contributed by atoms with Crippen molar-refractivity contribution < 1.29 is 4.57 Å². The first-order valence-corrected chi connectivity index (χ1v) is 8.55. The van der Waals surface area contributed by atoms with Crippen molar-refractivity contribution in [2.45, 2.75) is 6.92 Å². The molecule has 0 radical (unpaired) electrons. The van der Waals surface area contributed by atoms with Gasteiger partial charge in [0.05, 0.1) is 22.6 Å². The molecule has 3 nitrogen and oxygen atoms in total. The highest BCUT2D eigenvalue weighted by atomic mass is 15.0. The van der Waals surface area contributed by atoms with E-state index in [0.29, 0.717) is 0 Å². The zero-order valence-electron chi connectivity index (χ0n) is 14.1. The van der Waals surface area contributed by atoms with E-state index in [1.807, 2.05) is 12.4 Å². The van der Waals surface area contributed by atoms with Crippen molar-refractivity contribution in [3.63, 3.8) is 0 Å². The third-order valence-corrected chi connectivity index (χ3v) is 5.55. The molecule has 6 rings (SSSR count). The van der Waals surface area contributed by atoms with E-state index in [9.17, 15) is 0 Å². The van der Waals surface area contributed by atoms with Crippen LogP contribution < -0.4 is 4.57 Å². The average molecular weight is 322 g/mol. The predicted octanol–water partition coefficient (Wildman–Crippen LogP) is 4.52. The number of aromatic nitrogens is 3. The average Bonchev–Trinajstić information content (AvgIpc) is 2.97. The minimum Gasteiger partial charge on any atom is -0.301 e. The summed E-state index contributed by atoms with van der Waals surface area (Å²) in [5, 5.41) is 6.42. The van der Waals surface area contributed by atoms with E-state index < -0.39 is 0 Å². The molecule has 0 atom stereocenters. The van der Waals surface area contributed by atoms with Crippen molar-refractivity contribution in [3.8, 4) is 0 Å². The van der Waals surface area contributed by atoms with Gasteiger partial charge < -0.3 is 4.40 Å². The SMILES string of the molecule is Cc1ccc2cncc3c2c1c1c2c(cc[n+]1C)c1ccccc1n32. The highest BCUT2D eigenvalue weighted by Crippen LogP contribution is 2.39. The van der Waals surface area contributed by atoms with Crippen molar-refractivity contribution in [1.29, 1.82) is 0 Å². The third kappa shape index (κ3) is 1.43. The summed E-state index contributed by atoms with van der Waals surface area (Å²) in [6, 6.07) is 15.3. The molecule has 0 aliphatic rings. The largest absolute Gasteiger partial charge is 0.301 e. The van der Waals surface area contributed by atoms with Gasteiger partial charge in [-0.25, -0.2) is 0 Å². The third-order valence-electron chi connectivity index (χ3n) is 5.55. The predicted molar refractivity (Wildman–Crippen MR) is 102 cm³/mol. The lowest BCUT2D eigenvalue weighted by atomic mass is 9.99. The summed E-state index contributed by atoms with van der Waals surface area (Å²) in [7, 11) is 2.14. The minimum atomic E-state index is 1.18. The van der Waals surface area contributed by atoms with E-state index in [1.165, 1.54) is 54.6 Å². The molecule has 0 saturated heterocycles. The van der Waals surface area contributed by atoms with Crippen LogP contribution in [-0.4, -0.2) is 9.38 Å². The Kier molecular flexibility index (Phi) is 2.23. The van der Waals surface area contributed by atoms with Crippen molar-refractivity contribution in [2.24, 2.45) is 7.05 Å². The van der Waals surface area contributed by atoms with E-state index in [4.69, 9.17) is 0 Å². The number of aryl methyl sites for hydroxylation is 2. The maximum Gasteiger partial charge on any atom is 0.238 e. The fourth-order valence-electron chi connectivity index (χ4n) is 4.47. The fourth-order valence-corrected chi connectivity index (χ4v) is 4.47. The Morgan fingerprint density at radius 1 is 0.880 bits per heavy atom. The van der Waals surface area contributed by atoms with Crippen LogP contribution in [0.3, 0.4) is 0 Å². The number of rotatable bonds is 0. The van der Waals surface area contributed by atoms with Gasteiger partial charge in [0.15, 0.2) is 6.20 Å². The monoisotopic (exact) mass is 322 g/mol. The molecular weight excluding hydrogens is 306 g/mol. The molecular formula is C22H16N3+. The molecule has 0 aliphatic carbocycles. The van der Waals surface area contributed by atoms with Gasteiger partial charge >= 0.3 is 0 Å². The van der Waals surface area contributed by atoms with Gasteiger partial charge in [-0.05, 0) is 18.6 Å². The summed E-state index contributed by atoms with van der Waals surface area (Å²) in [5.41, 5.74) is 6.30. The van der Waals surface area contributed by atoms with Crippen molar-refractivity contribution >= 4 is 49.0 Å². The fraction of sp³-hybridized carbons (Fsp3) is 0.0909. The Morgan fingerprint density at radius 3 is 2.68 bits per heavy atom. The minimum absolute atomic E-state index is 1.18. The maximum atomic E-state index is 4.53. The molecule has 118 valence electrons. The second-order valence-electron chi connectivity index (χ2n) is 6.90. The number of nitrogens with zero attached hydrogens (tertiary/aromatic N) is 3. The van der Waals surface area contributed by atoms with Crippen LogP contribution >= 0.6 is 0 Å². The lowest BCUT2D eigenvalue weighted by Crippen LogP contribution is -2.29. The molecule has 0 fully saturated rings. The Morgan fingerprint density at radius 2 is 1.76 bits per heavy atom. The summed E-state index contributed by atoms with van der Waals surface area (Å²) in [6.45, 7) is 2.20. The molecule has 3 heteroatoms. The van der Waals surface area contributed by atoms with Crippen LogP contribution in [-0.2, 0) is 7.05 Å². The van der Waals surface area contributed by atoms with Gasteiger partial charge in [0.2, 0.25) is 5.52 Å². The first kappa shape index (κ1) is 13.1. The van der Waals surface area contributed by atoms with E-state index in [2.05, 4.69) is 76.6 Å². The summed E-state index contributed by atoms with van der Waals surface area (Å²) in [4.78, 5) is 4.53. The molecule has 0 saturated carbocycles. The Labute approximate surface area is 144 Å². The molecule has 0 bridgehead atoms. The topological polar surface area (TPSA) is 21.2 Å². The van der Waals surface area contributed by atoms with Gasteiger partial charge in [-0.3, -0.25) is 4.98 Å². The number of benzene rings is 2. The Bertz CT molecular complexity index is 1460. The van der Waals surface area contributed by atoms with Crippen LogP contribution in [0.1, 0.15) is 5.56 Å². The molecule has 0 aliphatic heterocycles. The number of hydrogen-bond acceptors (Lipinski definition) is 1. The van der Waals surface area contributed by atoms with Gasteiger partial charge in [-0.1, -0.05) is 30.3 Å². The van der Waals surface area contributed by atoms with Crippen LogP contribution in [0.2, 0.25) is 0 Å². The van der Waals surface area contributed by atoms with E-state index in [1.54, 1.807) is 0 Å². The molecule has 25 heavy (non-hydrogen) atoms. The van der Waals surface area contributed by atoms with Crippen LogP contribution in [0.25, 0.3) is 49.0 Å². The Hall–Kier alpha value is -3.20. The second-order valence-corrected chi connectivity index (χ2v) is 6.90. The standard InChI is InChI=1S/C22H16N3/c1-13-7-8-14-11-23-12-18-20(14)19(13)22-21-16(9-10-24(22)2)15-5-3-4-6-17(15)25(18)21/h3-12H,1-2H3/q+1. The molecule has 6 aromatic rings. The van der Waals surface area contributed by atoms with Crippen LogP contribution in [0.4, 0.5) is 0 Å². The Balaban J connectivity index is 2.18. The van der Waals surface area contributed by atoms with Gasteiger partial charge in [-0.2, -0.15) is 4.57 Å². The maximum absolute atomic E-state index is 4.53. The number of pyridine rings is 3. The van der Waals surface area contributed by atoms with E-state index >= 15 is 0 Å². The van der Waals surface area contributed by atoms with Crippen molar-refractivity contribution in [3.05, 3.63) is 66.6 Å². The highest BCUT2D eigenvalue weighted by Gasteiger charge is 2.23. The molecule has 4 heterocycles. The smallest absolute Gasteiger partial charge is 0.238 e. The van der Waals surface area contributed by atoms with Crippen LogP contribution in [0, 0.1) is 6.92 Å². The molecule has 4 aromatic heterocycles. The van der Waals surface area contributed by atoms with Gasteiger partial charge in [0.1, 0.15) is 12.6 Å². The quantitative estimate of drug-likeness (QED) is 0.229. The number of hydrogen-bond donors (Lipinski definition) is 0. The molecule has 0 N–H and O–H groups in total. The zero-order chi connectivity index (χ0) is 16.7. The first-order valence-electron chi connectivity index (χ1n) is 8.55. The van der Waals surface area contributed by atoms with E-state index in [-0.39, 0.29) is 0 Å². The zero-order valence-corrected chi connectivity index (χ0v) is 14.1. The summed E-state index contributed by atoms with van der Waals surface area (Å²) >= 11 is 0. The van der Waals surface area contributed by atoms with Gasteiger partial charge in [0, 0.05) is 33.8 Å². The number of fused-ring (bicyclic) bond motifs is 5. The lowest BCUT2D eigenvalue weighted by Gasteiger charge is -2.12. The highest BCUT2D eigenvalue weighted by molar-refractivity contribution is 6.25. The van der Waals surface area contributed by atoms with Crippen LogP contribution in [0.5, 0.6) is 0 Å². The molecule has 0 spiro atoms. The normalized spacial score (nSPS) is 12.4. The first-order chi connectivity index (χ1) is 12.3. The number of para-hydroxylation sites is 1. The van der Waals surface area contributed by atoms with Gasteiger partial charge in [0.25, 0.3) is 0 Å². The van der Waals surface area contributed by atoms with Crippen molar-refractivity contribution in [2.75, 3.05) is 0 Å². The van der Waals surface area contributed by atoms with Gasteiger partial charge in [-0.15, -0.1) is 0 Å².